The fourth-order valence-corrected chi connectivity index (χ4v) is 2.66. The van der Waals surface area contributed by atoms with Crippen molar-refractivity contribution in [1.82, 2.24) is 0 Å². The van der Waals surface area contributed by atoms with Crippen molar-refractivity contribution in [3.8, 4) is 0 Å². The molecule has 79 valence electrons. The SMILES string of the molecule is C[C]1CC1(c1ccccc1)c1ccccc1. The first kappa shape index (κ1) is 9.65. The van der Waals surface area contributed by atoms with Crippen LogP contribution in [0.4, 0.5) is 0 Å². The molecule has 0 bridgehead atoms. The van der Waals surface area contributed by atoms with Crippen LogP contribution in [0.5, 0.6) is 0 Å². The van der Waals surface area contributed by atoms with Crippen molar-refractivity contribution >= 4 is 0 Å². The Labute approximate surface area is 96.9 Å². The van der Waals surface area contributed by atoms with Crippen molar-refractivity contribution in [1.29, 1.82) is 0 Å². The van der Waals surface area contributed by atoms with Crippen molar-refractivity contribution in [2.24, 2.45) is 0 Å². The molecule has 1 aliphatic carbocycles. The molecular formula is C16H15. The summed E-state index contributed by atoms with van der Waals surface area (Å²) in [6.45, 7) is 2.26. The fourth-order valence-electron chi connectivity index (χ4n) is 2.66. The van der Waals surface area contributed by atoms with Gasteiger partial charge in [0.1, 0.15) is 0 Å². The molecule has 0 unspecified atom stereocenters. The quantitative estimate of drug-likeness (QED) is 0.699. The van der Waals surface area contributed by atoms with Gasteiger partial charge in [-0.15, -0.1) is 0 Å². The van der Waals surface area contributed by atoms with E-state index >= 15 is 0 Å². The molecule has 0 heteroatoms. The van der Waals surface area contributed by atoms with Crippen LogP contribution in [0.25, 0.3) is 0 Å². The first-order valence-corrected chi connectivity index (χ1v) is 5.78. The van der Waals surface area contributed by atoms with E-state index < -0.39 is 0 Å². The monoisotopic (exact) mass is 207 g/mol. The molecule has 1 aliphatic rings. The molecule has 0 nitrogen and oxygen atoms in total. The van der Waals surface area contributed by atoms with Crippen LogP contribution in [-0.2, 0) is 5.41 Å². The molecule has 0 aliphatic heterocycles. The Morgan fingerprint density at radius 1 is 0.750 bits per heavy atom. The summed E-state index contributed by atoms with van der Waals surface area (Å²) < 4.78 is 0. The highest BCUT2D eigenvalue weighted by atomic mass is 14.6. The minimum absolute atomic E-state index is 0.211. The molecular weight excluding hydrogens is 192 g/mol. The minimum atomic E-state index is 0.211. The summed E-state index contributed by atoms with van der Waals surface area (Å²) in [5.74, 6) is 1.57. The summed E-state index contributed by atoms with van der Waals surface area (Å²) in [5, 5.41) is 0. The van der Waals surface area contributed by atoms with Crippen LogP contribution in [0.3, 0.4) is 0 Å². The highest BCUT2D eigenvalue weighted by Crippen LogP contribution is 2.60. The van der Waals surface area contributed by atoms with Crippen LogP contribution >= 0.6 is 0 Å². The third kappa shape index (κ3) is 1.30. The lowest BCUT2D eigenvalue weighted by Crippen LogP contribution is -2.10. The Kier molecular flexibility index (Phi) is 2.10. The van der Waals surface area contributed by atoms with Crippen molar-refractivity contribution < 1.29 is 0 Å². The maximum Gasteiger partial charge on any atom is 0.0268 e. The van der Waals surface area contributed by atoms with E-state index in [0.29, 0.717) is 0 Å². The highest BCUT2D eigenvalue weighted by Gasteiger charge is 2.53. The number of hydrogen-bond donors (Lipinski definition) is 0. The second kappa shape index (κ2) is 3.48. The third-order valence-corrected chi connectivity index (χ3v) is 3.67. The normalized spacial score (nSPS) is 18.3. The van der Waals surface area contributed by atoms with Crippen LogP contribution in [0.1, 0.15) is 24.5 Å². The van der Waals surface area contributed by atoms with Crippen LogP contribution in [0, 0.1) is 5.92 Å². The van der Waals surface area contributed by atoms with Crippen molar-refractivity contribution in [3.05, 3.63) is 77.7 Å². The van der Waals surface area contributed by atoms with Gasteiger partial charge in [0.2, 0.25) is 0 Å². The summed E-state index contributed by atoms with van der Waals surface area (Å²) in [6, 6.07) is 21.6. The third-order valence-electron chi connectivity index (χ3n) is 3.67. The van der Waals surface area contributed by atoms with Gasteiger partial charge in [-0.3, -0.25) is 0 Å². The zero-order chi connectivity index (χ0) is 11.0. The van der Waals surface area contributed by atoms with Crippen LogP contribution in [-0.4, -0.2) is 0 Å². The predicted molar refractivity (Wildman–Crippen MR) is 67.2 cm³/mol. The summed E-state index contributed by atoms with van der Waals surface area (Å²) in [4.78, 5) is 0. The maximum absolute atomic E-state index is 2.26. The van der Waals surface area contributed by atoms with E-state index in [-0.39, 0.29) is 5.41 Å². The number of hydrogen-bond acceptors (Lipinski definition) is 0. The van der Waals surface area contributed by atoms with Gasteiger partial charge in [-0.1, -0.05) is 67.6 Å². The van der Waals surface area contributed by atoms with Crippen molar-refractivity contribution in [2.75, 3.05) is 0 Å². The molecule has 1 saturated carbocycles. The Morgan fingerprint density at radius 2 is 1.12 bits per heavy atom. The van der Waals surface area contributed by atoms with Gasteiger partial charge in [-0.2, -0.15) is 0 Å². The molecule has 0 spiro atoms. The molecule has 3 rings (SSSR count). The first-order chi connectivity index (χ1) is 7.84. The number of benzene rings is 2. The summed E-state index contributed by atoms with van der Waals surface area (Å²) in [6.07, 6.45) is 1.20. The molecule has 2 aromatic rings. The van der Waals surface area contributed by atoms with Crippen LogP contribution in [0.2, 0.25) is 0 Å². The van der Waals surface area contributed by atoms with E-state index in [1.54, 1.807) is 5.92 Å². The second-order valence-electron chi connectivity index (χ2n) is 4.59. The van der Waals surface area contributed by atoms with Crippen molar-refractivity contribution in [3.63, 3.8) is 0 Å². The standard InChI is InChI=1S/C16H15/c1-13-12-16(13,14-8-4-2-5-9-14)15-10-6-3-7-11-15/h2-11H,12H2,1H3. The Balaban J connectivity index is 2.10. The lowest BCUT2D eigenvalue weighted by atomic mass is 9.86. The van der Waals surface area contributed by atoms with E-state index in [1.807, 2.05) is 0 Å². The first-order valence-electron chi connectivity index (χ1n) is 5.78. The maximum atomic E-state index is 2.26. The molecule has 16 heavy (non-hydrogen) atoms. The smallest absolute Gasteiger partial charge is 0.0268 e. The molecule has 1 radical (unpaired) electrons. The van der Waals surface area contributed by atoms with Gasteiger partial charge in [0.15, 0.2) is 0 Å². The lowest BCUT2D eigenvalue weighted by Gasteiger charge is -2.17. The van der Waals surface area contributed by atoms with Crippen molar-refractivity contribution in [2.45, 2.75) is 18.8 Å². The van der Waals surface area contributed by atoms with Gasteiger partial charge in [-0.05, 0) is 23.5 Å². The molecule has 2 aromatic carbocycles. The zero-order valence-electron chi connectivity index (χ0n) is 9.48. The summed E-state index contributed by atoms with van der Waals surface area (Å²) in [5.41, 5.74) is 3.07. The topological polar surface area (TPSA) is 0 Å². The largest absolute Gasteiger partial charge is 0.0622 e. The van der Waals surface area contributed by atoms with Gasteiger partial charge in [-0.25, -0.2) is 0 Å². The highest BCUT2D eigenvalue weighted by molar-refractivity contribution is 5.55. The minimum Gasteiger partial charge on any atom is -0.0622 e. The summed E-state index contributed by atoms with van der Waals surface area (Å²) in [7, 11) is 0. The van der Waals surface area contributed by atoms with Gasteiger partial charge < -0.3 is 0 Å². The van der Waals surface area contributed by atoms with Gasteiger partial charge >= 0.3 is 0 Å². The Hall–Kier alpha value is -1.56. The molecule has 0 amide bonds. The van der Waals surface area contributed by atoms with E-state index in [9.17, 15) is 0 Å². The van der Waals surface area contributed by atoms with E-state index in [2.05, 4.69) is 67.6 Å². The fraction of sp³-hybridized carbons (Fsp3) is 0.188. The lowest BCUT2D eigenvalue weighted by molar-refractivity contribution is 0.856. The average Bonchev–Trinajstić information content (AvgIpc) is 3.05. The predicted octanol–water partition coefficient (Wildman–Crippen LogP) is 3.97. The number of rotatable bonds is 2. The second-order valence-corrected chi connectivity index (χ2v) is 4.59. The Bertz CT molecular complexity index is 430. The van der Waals surface area contributed by atoms with Gasteiger partial charge in [0, 0.05) is 5.41 Å². The molecule has 0 aromatic heterocycles. The van der Waals surface area contributed by atoms with E-state index in [4.69, 9.17) is 0 Å². The van der Waals surface area contributed by atoms with Gasteiger partial charge in [0.05, 0.1) is 0 Å². The van der Waals surface area contributed by atoms with Gasteiger partial charge in [0.25, 0.3) is 0 Å². The molecule has 0 atom stereocenters. The van der Waals surface area contributed by atoms with Crippen LogP contribution in [0.15, 0.2) is 60.7 Å². The summed E-state index contributed by atoms with van der Waals surface area (Å²) >= 11 is 0. The molecule has 1 fully saturated rings. The average molecular weight is 207 g/mol. The van der Waals surface area contributed by atoms with E-state index in [0.717, 1.165) is 0 Å². The van der Waals surface area contributed by atoms with Crippen LogP contribution < -0.4 is 0 Å². The zero-order valence-corrected chi connectivity index (χ0v) is 9.48. The molecule has 0 N–H and O–H groups in total. The molecule has 0 heterocycles. The molecule has 0 saturated heterocycles. The Morgan fingerprint density at radius 3 is 1.44 bits per heavy atom. The van der Waals surface area contributed by atoms with E-state index in [1.165, 1.54) is 17.5 Å².